The van der Waals surface area contributed by atoms with E-state index in [0.29, 0.717) is 19.1 Å². The van der Waals surface area contributed by atoms with Gasteiger partial charge in [-0.1, -0.05) is 26.2 Å². The van der Waals surface area contributed by atoms with E-state index in [1.54, 1.807) is 7.05 Å². The Balaban J connectivity index is 1.72. The minimum atomic E-state index is -0.263. The van der Waals surface area contributed by atoms with Crippen LogP contribution in [0.3, 0.4) is 0 Å². The second-order valence-corrected chi connectivity index (χ2v) is 7.65. The third-order valence-corrected chi connectivity index (χ3v) is 5.75. The van der Waals surface area contributed by atoms with Gasteiger partial charge in [0.2, 0.25) is 0 Å². The van der Waals surface area contributed by atoms with Gasteiger partial charge < -0.3 is 9.64 Å². The Bertz CT molecular complexity index is 439. The molecule has 124 valence electrons. The molecule has 0 bridgehead atoms. The highest BCUT2D eigenvalue weighted by Crippen LogP contribution is 2.41. The van der Waals surface area contributed by atoms with Gasteiger partial charge in [-0.3, -0.25) is 9.69 Å². The molecule has 5 nitrogen and oxygen atoms in total. The smallest absolute Gasteiger partial charge is 0.327 e. The number of rotatable bonds is 4. The largest absolute Gasteiger partial charge is 0.381 e. The molecular weight excluding hydrogens is 280 g/mol. The summed E-state index contributed by atoms with van der Waals surface area (Å²) in [6.45, 7) is 4.44. The molecule has 3 rings (SSSR count). The van der Waals surface area contributed by atoms with Crippen LogP contribution in [0.1, 0.15) is 51.9 Å². The first kappa shape index (κ1) is 15.8. The van der Waals surface area contributed by atoms with Crippen molar-refractivity contribution in [3.8, 4) is 0 Å². The highest BCUT2D eigenvalue weighted by molar-refractivity contribution is 6.03. The lowest BCUT2D eigenvalue weighted by atomic mass is 9.71. The van der Waals surface area contributed by atoms with Crippen molar-refractivity contribution >= 4 is 11.9 Å². The fraction of sp³-hybridized carbons (Fsp3) is 0.882. The molecule has 0 aromatic carbocycles. The Morgan fingerprint density at radius 2 is 1.95 bits per heavy atom. The SMILES string of the molecule is CN1C(=O)C(CC2(C)CCCCC2)N(C[C@H]2CCOC2)C1=O. The quantitative estimate of drug-likeness (QED) is 0.750. The van der Waals surface area contributed by atoms with Gasteiger partial charge in [-0.15, -0.1) is 0 Å². The maximum atomic E-state index is 12.5. The van der Waals surface area contributed by atoms with Gasteiger partial charge in [0.05, 0.1) is 6.61 Å². The summed E-state index contributed by atoms with van der Waals surface area (Å²) < 4.78 is 5.42. The average Bonchev–Trinajstić information content (AvgIpc) is 3.08. The summed E-state index contributed by atoms with van der Waals surface area (Å²) >= 11 is 0. The molecule has 2 saturated heterocycles. The summed E-state index contributed by atoms with van der Waals surface area (Å²) in [4.78, 5) is 28.1. The number of amides is 3. The number of hydrogen-bond donors (Lipinski definition) is 0. The van der Waals surface area contributed by atoms with Crippen molar-refractivity contribution in [1.82, 2.24) is 9.80 Å². The van der Waals surface area contributed by atoms with E-state index in [1.165, 1.54) is 37.0 Å². The third-order valence-electron chi connectivity index (χ3n) is 5.75. The molecular formula is C17H28N2O3. The second-order valence-electron chi connectivity index (χ2n) is 7.65. The molecule has 3 amide bonds. The number of urea groups is 1. The van der Waals surface area contributed by atoms with Crippen LogP contribution in [0.2, 0.25) is 0 Å². The molecule has 2 atom stereocenters. The van der Waals surface area contributed by atoms with Crippen molar-refractivity contribution in [2.24, 2.45) is 11.3 Å². The van der Waals surface area contributed by atoms with Crippen LogP contribution < -0.4 is 0 Å². The topological polar surface area (TPSA) is 49.9 Å². The predicted octanol–water partition coefficient (Wildman–Crippen LogP) is 2.65. The van der Waals surface area contributed by atoms with Crippen molar-refractivity contribution < 1.29 is 14.3 Å². The molecule has 2 heterocycles. The van der Waals surface area contributed by atoms with Crippen LogP contribution in [0.4, 0.5) is 4.79 Å². The van der Waals surface area contributed by atoms with E-state index < -0.39 is 0 Å². The molecule has 5 heteroatoms. The van der Waals surface area contributed by atoms with Crippen molar-refractivity contribution in [2.45, 2.75) is 57.9 Å². The maximum Gasteiger partial charge on any atom is 0.327 e. The van der Waals surface area contributed by atoms with Crippen molar-refractivity contribution in [1.29, 1.82) is 0 Å². The zero-order valence-electron chi connectivity index (χ0n) is 13.8. The highest BCUT2D eigenvalue weighted by atomic mass is 16.5. The average molecular weight is 308 g/mol. The Hall–Kier alpha value is -1.10. The molecule has 3 aliphatic rings. The minimum absolute atomic E-state index is 0.0179. The van der Waals surface area contributed by atoms with Gasteiger partial charge in [0.1, 0.15) is 6.04 Å². The molecule has 0 spiro atoms. The van der Waals surface area contributed by atoms with Crippen LogP contribution in [0.15, 0.2) is 0 Å². The maximum absolute atomic E-state index is 12.5. The van der Waals surface area contributed by atoms with E-state index in [0.717, 1.165) is 19.4 Å². The van der Waals surface area contributed by atoms with E-state index in [4.69, 9.17) is 4.74 Å². The molecule has 3 fully saturated rings. The minimum Gasteiger partial charge on any atom is -0.381 e. The first-order valence-electron chi connectivity index (χ1n) is 8.66. The van der Waals surface area contributed by atoms with Crippen molar-refractivity contribution in [3.63, 3.8) is 0 Å². The Kier molecular flexibility index (Phi) is 4.44. The monoisotopic (exact) mass is 308 g/mol. The molecule has 1 unspecified atom stereocenters. The number of hydrogen-bond acceptors (Lipinski definition) is 3. The number of nitrogens with zero attached hydrogens (tertiary/aromatic N) is 2. The van der Waals surface area contributed by atoms with Gasteiger partial charge in [-0.25, -0.2) is 4.79 Å². The molecule has 0 aromatic heterocycles. The number of carbonyl (C=O) groups is 2. The summed E-state index contributed by atoms with van der Waals surface area (Å²) in [6.07, 6.45) is 7.96. The number of carbonyl (C=O) groups excluding carboxylic acids is 2. The highest BCUT2D eigenvalue weighted by Gasteiger charge is 2.46. The molecule has 2 aliphatic heterocycles. The lowest BCUT2D eigenvalue weighted by Gasteiger charge is -2.37. The lowest BCUT2D eigenvalue weighted by molar-refractivity contribution is -0.128. The zero-order chi connectivity index (χ0) is 15.7. The van der Waals surface area contributed by atoms with Crippen molar-refractivity contribution in [3.05, 3.63) is 0 Å². The number of ether oxygens (including phenoxy) is 1. The van der Waals surface area contributed by atoms with Crippen LogP contribution in [0.5, 0.6) is 0 Å². The van der Waals surface area contributed by atoms with E-state index in [9.17, 15) is 9.59 Å². The summed E-state index contributed by atoms with van der Waals surface area (Å²) in [6, 6.07) is -0.387. The fourth-order valence-electron chi connectivity index (χ4n) is 4.26. The third kappa shape index (κ3) is 3.00. The van der Waals surface area contributed by atoms with E-state index in [1.807, 2.05) is 4.90 Å². The first-order valence-corrected chi connectivity index (χ1v) is 8.66. The zero-order valence-corrected chi connectivity index (χ0v) is 13.8. The summed E-state index contributed by atoms with van der Waals surface area (Å²) in [5.74, 6) is 0.362. The Morgan fingerprint density at radius 1 is 1.23 bits per heavy atom. The van der Waals surface area contributed by atoms with Gasteiger partial charge in [0.25, 0.3) is 5.91 Å². The molecule has 1 saturated carbocycles. The Labute approximate surface area is 133 Å². The van der Waals surface area contributed by atoms with E-state index in [-0.39, 0.29) is 23.4 Å². The van der Waals surface area contributed by atoms with Crippen LogP contribution in [-0.4, -0.2) is 54.6 Å². The van der Waals surface area contributed by atoms with Gasteiger partial charge in [0, 0.05) is 26.1 Å². The van der Waals surface area contributed by atoms with Crippen LogP contribution in [0.25, 0.3) is 0 Å². The molecule has 1 aliphatic carbocycles. The second kappa shape index (κ2) is 6.19. The van der Waals surface area contributed by atoms with Crippen molar-refractivity contribution in [2.75, 3.05) is 26.8 Å². The van der Waals surface area contributed by atoms with E-state index >= 15 is 0 Å². The van der Waals surface area contributed by atoms with Gasteiger partial charge in [-0.05, 0) is 31.1 Å². The molecule has 0 N–H and O–H groups in total. The summed E-state index contributed by atoms with van der Waals surface area (Å²) in [5, 5.41) is 0. The molecule has 0 radical (unpaired) electrons. The summed E-state index contributed by atoms with van der Waals surface area (Å²) in [5.41, 5.74) is 0.203. The van der Waals surface area contributed by atoms with Crippen LogP contribution in [-0.2, 0) is 9.53 Å². The van der Waals surface area contributed by atoms with Gasteiger partial charge in [0.15, 0.2) is 0 Å². The molecule has 22 heavy (non-hydrogen) atoms. The van der Waals surface area contributed by atoms with Gasteiger partial charge in [-0.2, -0.15) is 0 Å². The Morgan fingerprint density at radius 3 is 2.59 bits per heavy atom. The van der Waals surface area contributed by atoms with E-state index in [2.05, 4.69) is 6.92 Å². The molecule has 0 aromatic rings. The first-order chi connectivity index (χ1) is 10.5. The van der Waals surface area contributed by atoms with Crippen LogP contribution >= 0.6 is 0 Å². The van der Waals surface area contributed by atoms with Crippen LogP contribution in [0, 0.1) is 11.3 Å². The lowest BCUT2D eigenvalue weighted by Crippen LogP contribution is -2.42. The summed E-state index contributed by atoms with van der Waals surface area (Å²) in [7, 11) is 1.62. The fourth-order valence-corrected chi connectivity index (χ4v) is 4.26. The number of likely N-dealkylation sites (N-methyl/N-ethyl adjacent to an activating group) is 1. The predicted molar refractivity (Wildman–Crippen MR) is 83.4 cm³/mol. The van der Waals surface area contributed by atoms with Gasteiger partial charge >= 0.3 is 6.03 Å². The normalized spacial score (nSPS) is 32.1. The standard InChI is InChI=1S/C17H28N2O3/c1-17(7-4-3-5-8-17)10-14-15(20)18(2)16(21)19(14)11-13-6-9-22-12-13/h13-14H,3-12H2,1-2H3/t13-,14?/m1/s1. The number of imide groups is 1.